The zero-order chi connectivity index (χ0) is 13.9. The maximum Gasteiger partial charge on any atom is 0.321 e. The standard InChI is InChI=1S/C10H10N4O4S/c1-18-9(15)7-19(16,17)10-11-5-3-8(13-10)14-6-2-4-12-14/h2-6H,7H2,1H3. The highest BCUT2D eigenvalue weighted by Gasteiger charge is 2.23. The fourth-order valence-electron chi connectivity index (χ4n) is 1.29. The van der Waals surface area contributed by atoms with Crippen molar-refractivity contribution >= 4 is 15.8 Å². The first-order valence-corrected chi connectivity index (χ1v) is 6.81. The second kappa shape index (κ2) is 5.14. The van der Waals surface area contributed by atoms with E-state index < -0.39 is 26.7 Å². The van der Waals surface area contributed by atoms with Gasteiger partial charge in [0.05, 0.1) is 7.11 Å². The van der Waals surface area contributed by atoms with Gasteiger partial charge in [0.25, 0.3) is 0 Å². The summed E-state index contributed by atoms with van der Waals surface area (Å²) in [6.07, 6.45) is 4.43. The summed E-state index contributed by atoms with van der Waals surface area (Å²) in [7, 11) is -2.81. The van der Waals surface area contributed by atoms with Gasteiger partial charge in [-0.15, -0.1) is 0 Å². The van der Waals surface area contributed by atoms with Crippen molar-refractivity contribution in [1.82, 2.24) is 19.7 Å². The largest absolute Gasteiger partial charge is 0.468 e. The van der Waals surface area contributed by atoms with Gasteiger partial charge in [-0.3, -0.25) is 4.79 Å². The Balaban J connectivity index is 2.36. The van der Waals surface area contributed by atoms with Crippen molar-refractivity contribution < 1.29 is 17.9 Å². The van der Waals surface area contributed by atoms with E-state index >= 15 is 0 Å². The summed E-state index contributed by atoms with van der Waals surface area (Å²) in [5.41, 5.74) is 0. The third-order valence-corrected chi connectivity index (χ3v) is 3.54. The van der Waals surface area contributed by atoms with Crippen LogP contribution in [-0.4, -0.2) is 47.0 Å². The Kier molecular flexibility index (Phi) is 3.56. The first kappa shape index (κ1) is 13.1. The van der Waals surface area contributed by atoms with Crippen molar-refractivity contribution in [3.05, 3.63) is 30.7 Å². The summed E-state index contributed by atoms with van der Waals surface area (Å²) in [6.45, 7) is 0. The van der Waals surface area contributed by atoms with Crippen LogP contribution < -0.4 is 0 Å². The molecule has 0 radical (unpaired) electrons. The Labute approximate surface area is 109 Å². The minimum Gasteiger partial charge on any atom is -0.468 e. The molecule has 0 bridgehead atoms. The number of hydrogen-bond donors (Lipinski definition) is 0. The molecule has 0 amide bonds. The number of rotatable bonds is 4. The van der Waals surface area contributed by atoms with Gasteiger partial charge < -0.3 is 4.74 Å². The molecular weight excluding hydrogens is 272 g/mol. The topological polar surface area (TPSA) is 104 Å². The van der Waals surface area contributed by atoms with Gasteiger partial charge in [0, 0.05) is 24.7 Å². The van der Waals surface area contributed by atoms with Crippen molar-refractivity contribution in [3.63, 3.8) is 0 Å². The zero-order valence-corrected chi connectivity index (χ0v) is 10.7. The number of aromatic nitrogens is 4. The van der Waals surface area contributed by atoms with E-state index in [9.17, 15) is 13.2 Å². The molecule has 19 heavy (non-hydrogen) atoms. The molecule has 2 aromatic rings. The summed E-state index contributed by atoms with van der Waals surface area (Å²) in [5.74, 6) is -1.37. The number of ether oxygens (including phenoxy) is 1. The van der Waals surface area contributed by atoms with Crippen molar-refractivity contribution in [2.45, 2.75) is 5.16 Å². The summed E-state index contributed by atoms with van der Waals surface area (Å²) in [5, 5.41) is 3.49. The summed E-state index contributed by atoms with van der Waals surface area (Å²) >= 11 is 0. The Hall–Kier alpha value is -2.29. The van der Waals surface area contributed by atoms with E-state index in [4.69, 9.17) is 0 Å². The van der Waals surface area contributed by atoms with Crippen LogP contribution in [0.3, 0.4) is 0 Å². The molecule has 100 valence electrons. The third-order valence-electron chi connectivity index (χ3n) is 2.17. The van der Waals surface area contributed by atoms with Crippen molar-refractivity contribution in [2.24, 2.45) is 0 Å². The highest BCUT2D eigenvalue weighted by molar-refractivity contribution is 7.91. The number of hydrogen-bond acceptors (Lipinski definition) is 7. The lowest BCUT2D eigenvalue weighted by Crippen LogP contribution is -2.20. The lowest BCUT2D eigenvalue weighted by atomic mass is 10.6. The van der Waals surface area contributed by atoms with Gasteiger partial charge in [0.2, 0.25) is 15.0 Å². The number of sulfone groups is 1. The van der Waals surface area contributed by atoms with Gasteiger partial charge in [-0.05, 0) is 6.07 Å². The number of carbonyl (C=O) groups excluding carboxylic acids is 1. The molecule has 0 spiro atoms. The lowest BCUT2D eigenvalue weighted by Gasteiger charge is -2.04. The van der Waals surface area contributed by atoms with Gasteiger partial charge >= 0.3 is 5.97 Å². The summed E-state index contributed by atoms with van der Waals surface area (Å²) in [4.78, 5) is 18.6. The normalized spacial score (nSPS) is 11.2. The first-order chi connectivity index (χ1) is 9.03. The molecule has 2 aromatic heterocycles. The van der Waals surface area contributed by atoms with Crippen molar-refractivity contribution in [3.8, 4) is 5.82 Å². The molecule has 0 aliphatic rings. The van der Waals surface area contributed by atoms with Gasteiger partial charge in [0.1, 0.15) is 0 Å². The van der Waals surface area contributed by atoms with Crippen LogP contribution >= 0.6 is 0 Å². The SMILES string of the molecule is COC(=O)CS(=O)(=O)c1nccc(-n2cccn2)n1. The Bertz CT molecular complexity index is 681. The molecule has 0 N–H and O–H groups in total. The number of carbonyl (C=O) groups is 1. The molecule has 2 heterocycles. The molecule has 0 aliphatic carbocycles. The average molecular weight is 282 g/mol. The monoisotopic (exact) mass is 282 g/mol. The molecule has 2 rings (SSSR count). The van der Waals surface area contributed by atoms with Crippen LogP contribution in [0.2, 0.25) is 0 Å². The maximum absolute atomic E-state index is 11.9. The van der Waals surface area contributed by atoms with Crippen LogP contribution in [0.4, 0.5) is 0 Å². The van der Waals surface area contributed by atoms with Gasteiger partial charge in [0.15, 0.2) is 11.6 Å². The summed E-state index contributed by atoms with van der Waals surface area (Å²) in [6, 6.07) is 3.18. The quantitative estimate of drug-likeness (QED) is 0.555. The Morgan fingerprint density at radius 1 is 1.42 bits per heavy atom. The van der Waals surface area contributed by atoms with E-state index in [1.807, 2.05) is 0 Å². The Morgan fingerprint density at radius 3 is 2.84 bits per heavy atom. The van der Waals surface area contributed by atoms with E-state index in [-0.39, 0.29) is 0 Å². The number of esters is 1. The van der Waals surface area contributed by atoms with E-state index in [1.54, 1.807) is 12.3 Å². The Morgan fingerprint density at radius 2 is 2.21 bits per heavy atom. The second-order valence-corrected chi connectivity index (χ2v) is 5.37. The van der Waals surface area contributed by atoms with E-state index in [0.29, 0.717) is 5.82 Å². The van der Waals surface area contributed by atoms with Crippen LogP contribution in [0.15, 0.2) is 35.9 Å². The van der Waals surface area contributed by atoms with Crippen LogP contribution in [0.25, 0.3) is 5.82 Å². The highest BCUT2D eigenvalue weighted by Crippen LogP contribution is 2.08. The molecule has 0 fully saturated rings. The molecule has 9 heteroatoms. The molecular formula is C10H10N4O4S. The molecule has 0 aliphatic heterocycles. The van der Waals surface area contributed by atoms with E-state index in [0.717, 1.165) is 7.11 Å². The van der Waals surface area contributed by atoms with Crippen LogP contribution in [-0.2, 0) is 19.4 Å². The van der Waals surface area contributed by atoms with Crippen molar-refractivity contribution in [2.75, 3.05) is 12.9 Å². The first-order valence-electron chi connectivity index (χ1n) is 5.15. The maximum atomic E-state index is 11.9. The van der Waals surface area contributed by atoms with Gasteiger partial charge in [-0.1, -0.05) is 0 Å². The van der Waals surface area contributed by atoms with E-state index in [1.165, 1.54) is 23.1 Å². The van der Waals surface area contributed by atoms with Crippen LogP contribution in [0.1, 0.15) is 0 Å². The molecule has 8 nitrogen and oxygen atoms in total. The highest BCUT2D eigenvalue weighted by atomic mass is 32.2. The zero-order valence-electron chi connectivity index (χ0n) is 9.92. The molecule has 0 aromatic carbocycles. The average Bonchev–Trinajstić information content (AvgIpc) is 2.92. The molecule has 0 saturated carbocycles. The summed E-state index contributed by atoms with van der Waals surface area (Å²) < 4.78 is 29.4. The smallest absolute Gasteiger partial charge is 0.321 e. The van der Waals surface area contributed by atoms with E-state index in [2.05, 4.69) is 19.8 Å². The van der Waals surface area contributed by atoms with Gasteiger partial charge in [-0.2, -0.15) is 10.1 Å². The second-order valence-electron chi connectivity index (χ2n) is 3.48. The predicted octanol–water partition coefficient (Wildman–Crippen LogP) is -0.391. The predicted molar refractivity (Wildman–Crippen MR) is 63.2 cm³/mol. The minimum atomic E-state index is -3.92. The fraction of sp³-hybridized carbons (Fsp3) is 0.200. The fourth-order valence-corrected chi connectivity index (χ4v) is 2.30. The number of methoxy groups -OCH3 is 1. The molecule has 0 saturated heterocycles. The molecule has 0 atom stereocenters. The van der Waals surface area contributed by atoms with Crippen molar-refractivity contribution in [1.29, 1.82) is 0 Å². The number of nitrogens with zero attached hydrogens (tertiary/aromatic N) is 4. The van der Waals surface area contributed by atoms with Gasteiger partial charge in [-0.25, -0.2) is 18.1 Å². The minimum absolute atomic E-state index is 0.295. The van der Waals surface area contributed by atoms with Crippen LogP contribution in [0.5, 0.6) is 0 Å². The third kappa shape index (κ3) is 2.94. The van der Waals surface area contributed by atoms with Crippen LogP contribution in [0, 0.1) is 0 Å². The molecule has 0 unspecified atom stereocenters. The lowest BCUT2D eigenvalue weighted by molar-refractivity contribution is -0.137.